The van der Waals surface area contributed by atoms with Gasteiger partial charge in [-0.1, -0.05) is 29.0 Å². The highest BCUT2D eigenvalue weighted by molar-refractivity contribution is 7.22. The first-order valence-corrected chi connectivity index (χ1v) is 9.79. The first-order valence-electron chi connectivity index (χ1n) is 8.60. The lowest BCUT2D eigenvalue weighted by Crippen LogP contribution is -2.36. The molecule has 1 aromatic carbocycles. The third kappa shape index (κ3) is 3.90. The summed E-state index contributed by atoms with van der Waals surface area (Å²) >= 11 is 7.97. The van der Waals surface area contributed by atoms with E-state index in [1.54, 1.807) is 23.5 Å². The molecular weight excluding hydrogens is 386 g/mol. The molecule has 0 amide bonds. The quantitative estimate of drug-likeness (QED) is 0.620. The van der Waals surface area contributed by atoms with Crippen LogP contribution in [0.2, 0.25) is 5.02 Å². The predicted octanol–water partition coefficient (Wildman–Crippen LogP) is 3.56. The van der Waals surface area contributed by atoms with E-state index in [0.29, 0.717) is 30.4 Å². The van der Waals surface area contributed by atoms with Crippen LogP contribution in [0.5, 0.6) is 0 Å². The molecule has 6 nitrogen and oxygen atoms in total. The van der Waals surface area contributed by atoms with Crippen molar-refractivity contribution in [1.29, 1.82) is 0 Å². The minimum atomic E-state index is -0.448. The molecule has 1 fully saturated rings. The van der Waals surface area contributed by atoms with Crippen molar-refractivity contribution in [2.24, 2.45) is 0 Å². The van der Waals surface area contributed by atoms with Crippen LogP contribution >= 0.6 is 22.9 Å². The maximum absolute atomic E-state index is 11.7. The smallest absolute Gasteiger partial charge is 0.356 e. The summed E-state index contributed by atoms with van der Waals surface area (Å²) in [7, 11) is 1.35. The van der Waals surface area contributed by atoms with Gasteiger partial charge in [0, 0.05) is 30.2 Å². The van der Waals surface area contributed by atoms with Crippen molar-refractivity contribution in [1.82, 2.24) is 9.97 Å². The van der Waals surface area contributed by atoms with Crippen LogP contribution < -0.4 is 4.90 Å². The Labute approximate surface area is 165 Å². The van der Waals surface area contributed by atoms with Crippen LogP contribution in [0.15, 0.2) is 30.3 Å². The molecule has 0 saturated carbocycles. The van der Waals surface area contributed by atoms with Gasteiger partial charge in [-0.05, 0) is 29.8 Å². The topological polar surface area (TPSA) is 64.5 Å². The lowest BCUT2D eigenvalue weighted by atomic mass is 10.1. The highest BCUT2D eigenvalue weighted by Gasteiger charge is 2.18. The maximum Gasteiger partial charge on any atom is 0.356 e. The van der Waals surface area contributed by atoms with Crippen molar-refractivity contribution in [3.63, 3.8) is 0 Å². The Kier molecular flexibility index (Phi) is 5.24. The number of hydrogen-bond donors (Lipinski definition) is 0. The number of methoxy groups -OCH3 is 1. The van der Waals surface area contributed by atoms with Crippen molar-refractivity contribution in [3.05, 3.63) is 52.3 Å². The Hall–Kier alpha value is -2.22. The second kappa shape index (κ2) is 7.80. The normalized spacial score (nSPS) is 14.5. The summed E-state index contributed by atoms with van der Waals surface area (Å²) in [6.07, 6.45) is 0.536. The number of hydrogen-bond acceptors (Lipinski definition) is 7. The molecule has 8 heteroatoms. The summed E-state index contributed by atoms with van der Waals surface area (Å²) in [5.41, 5.74) is 2.97. The van der Waals surface area contributed by atoms with Gasteiger partial charge < -0.3 is 14.4 Å². The molecule has 3 aromatic rings. The molecule has 1 saturated heterocycles. The Morgan fingerprint density at radius 3 is 2.89 bits per heavy atom. The molecule has 0 spiro atoms. The maximum atomic E-state index is 11.7. The molecule has 0 bridgehead atoms. The van der Waals surface area contributed by atoms with Gasteiger partial charge in [0.1, 0.15) is 5.69 Å². The van der Waals surface area contributed by atoms with Gasteiger partial charge in [0.05, 0.1) is 30.5 Å². The van der Waals surface area contributed by atoms with Crippen molar-refractivity contribution in [2.45, 2.75) is 6.42 Å². The third-order valence-corrected chi connectivity index (χ3v) is 5.66. The van der Waals surface area contributed by atoms with Gasteiger partial charge in [-0.15, -0.1) is 0 Å². The average molecular weight is 404 g/mol. The molecule has 0 aliphatic carbocycles. The molecule has 0 unspecified atom stereocenters. The van der Waals surface area contributed by atoms with E-state index in [9.17, 15) is 4.79 Å². The van der Waals surface area contributed by atoms with E-state index in [4.69, 9.17) is 26.1 Å². The van der Waals surface area contributed by atoms with Crippen LogP contribution in [0.3, 0.4) is 0 Å². The summed E-state index contributed by atoms with van der Waals surface area (Å²) in [5, 5.41) is 1.65. The van der Waals surface area contributed by atoms with E-state index >= 15 is 0 Å². The van der Waals surface area contributed by atoms with E-state index in [1.807, 2.05) is 18.2 Å². The zero-order chi connectivity index (χ0) is 18.8. The number of esters is 1. The zero-order valence-electron chi connectivity index (χ0n) is 14.8. The fraction of sp³-hybridized carbons (Fsp3) is 0.316. The van der Waals surface area contributed by atoms with E-state index < -0.39 is 5.97 Å². The largest absolute Gasteiger partial charge is 0.464 e. The first-order chi connectivity index (χ1) is 13.1. The van der Waals surface area contributed by atoms with Crippen LogP contribution in [-0.2, 0) is 15.9 Å². The molecule has 1 aliphatic heterocycles. The van der Waals surface area contributed by atoms with Gasteiger partial charge in [-0.3, -0.25) is 0 Å². The van der Waals surface area contributed by atoms with Crippen molar-refractivity contribution in [2.75, 3.05) is 38.3 Å². The number of thiazole rings is 1. The van der Waals surface area contributed by atoms with Gasteiger partial charge >= 0.3 is 5.97 Å². The van der Waals surface area contributed by atoms with Crippen LogP contribution in [-0.4, -0.2) is 49.4 Å². The molecule has 140 valence electrons. The van der Waals surface area contributed by atoms with Crippen LogP contribution in [0.1, 0.15) is 21.7 Å². The average Bonchev–Trinajstić information content (AvgIpc) is 3.12. The van der Waals surface area contributed by atoms with Crippen LogP contribution in [0.25, 0.3) is 10.2 Å². The number of rotatable bonds is 4. The molecule has 27 heavy (non-hydrogen) atoms. The summed E-state index contributed by atoms with van der Waals surface area (Å²) in [5.74, 6) is -0.448. The SMILES string of the molecule is COC(=O)c1cccc(Cc2cc(Cl)cc3sc(N4CCOCC4)nc23)n1. The number of carbonyl (C=O) groups is 1. The molecule has 0 radical (unpaired) electrons. The van der Waals surface area contributed by atoms with Crippen molar-refractivity contribution in [3.8, 4) is 0 Å². The molecule has 2 aromatic heterocycles. The number of carbonyl (C=O) groups excluding carboxylic acids is 1. The van der Waals surface area contributed by atoms with Gasteiger partial charge in [0.2, 0.25) is 0 Å². The standard InChI is InChI=1S/C19H18ClN3O3S/c1-25-18(24)15-4-2-3-14(21-15)10-12-9-13(20)11-16-17(12)22-19(27-16)23-5-7-26-8-6-23/h2-4,9,11H,5-8,10H2,1H3. The van der Waals surface area contributed by atoms with Gasteiger partial charge in [-0.2, -0.15) is 0 Å². The predicted molar refractivity (Wildman–Crippen MR) is 106 cm³/mol. The summed E-state index contributed by atoms with van der Waals surface area (Å²) in [4.78, 5) is 23.2. The molecule has 1 aliphatic rings. The monoisotopic (exact) mass is 403 g/mol. The number of morpholine rings is 1. The fourth-order valence-corrected chi connectivity index (χ4v) is 4.48. The molecule has 3 heterocycles. The fourth-order valence-electron chi connectivity index (χ4n) is 3.07. The van der Waals surface area contributed by atoms with E-state index in [-0.39, 0.29) is 0 Å². The summed E-state index contributed by atoms with van der Waals surface area (Å²) < 4.78 is 11.2. The molecule has 4 rings (SSSR count). The minimum Gasteiger partial charge on any atom is -0.464 e. The number of benzene rings is 1. The third-order valence-electron chi connectivity index (χ3n) is 4.38. The Morgan fingerprint density at radius 1 is 1.30 bits per heavy atom. The van der Waals surface area contributed by atoms with Crippen molar-refractivity contribution >= 4 is 44.3 Å². The number of anilines is 1. The number of fused-ring (bicyclic) bond motifs is 1. The van der Waals surface area contributed by atoms with Crippen LogP contribution in [0.4, 0.5) is 5.13 Å². The number of pyridine rings is 1. The highest BCUT2D eigenvalue weighted by Crippen LogP contribution is 2.34. The molecule has 0 N–H and O–H groups in total. The summed E-state index contributed by atoms with van der Waals surface area (Å²) in [6.45, 7) is 3.11. The number of aromatic nitrogens is 2. The van der Waals surface area contributed by atoms with Crippen molar-refractivity contribution < 1.29 is 14.3 Å². The zero-order valence-corrected chi connectivity index (χ0v) is 16.3. The highest BCUT2D eigenvalue weighted by atomic mass is 35.5. The van der Waals surface area contributed by atoms with E-state index in [0.717, 1.165) is 39.7 Å². The van der Waals surface area contributed by atoms with Gasteiger partial charge in [0.15, 0.2) is 5.13 Å². The minimum absolute atomic E-state index is 0.292. The molecule has 0 atom stereocenters. The molecular formula is C19H18ClN3O3S. The van der Waals surface area contributed by atoms with E-state index in [1.165, 1.54) is 7.11 Å². The Morgan fingerprint density at radius 2 is 2.11 bits per heavy atom. The Bertz CT molecular complexity index is 985. The summed E-state index contributed by atoms with van der Waals surface area (Å²) in [6, 6.07) is 9.19. The lowest BCUT2D eigenvalue weighted by Gasteiger charge is -2.25. The second-order valence-corrected chi connectivity index (χ2v) is 7.64. The van der Waals surface area contributed by atoms with Crippen LogP contribution in [0, 0.1) is 0 Å². The van der Waals surface area contributed by atoms with Gasteiger partial charge in [0.25, 0.3) is 0 Å². The number of halogens is 1. The van der Waals surface area contributed by atoms with E-state index in [2.05, 4.69) is 9.88 Å². The second-order valence-electron chi connectivity index (χ2n) is 6.19. The first kappa shape index (κ1) is 18.2. The number of nitrogens with zero attached hydrogens (tertiary/aromatic N) is 3. The number of ether oxygens (including phenoxy) is 2. The Balaban J connectivity index is 1.69. The lowest BCUT2D eigenvalue weighted by molar-refractivity contribution is 0.0593. The van der Waals surface area contributed by atoms with Gasteiger partial charge in [-0.25, -0.2) is 14.8 Å².